The van der Waals surface area contributed by atoms with Gasteiger partial charge in [-0.05, 0) is 43.7 Å². The van der Waals surface area contributed by atoms with Gasteiger partial charge in [-0.25, -0.2) is 9.18 Å². The van der Waals surface area contributed by atoms with Crippen molar-refractivity contribution < 1.29 is 9.18 Å². The molecule has 0 saturated heterocycles. The maximum atomic E-state index is 13.9. The first kappa shape index (κ1) is 22.5. The van der Waals surface area contributed by atoms with Crippen molar-refractivity contribution in [3.05, 3.63) is 102 Å². The molecule has 2 amide bonds. The summed E-state index contributed by atoms with van der Waals surface area (Å²) in [6, 6.07) is 23.2. The van der Waals surface area contributed by atoms with E-state index in [2.05, 4.69) is 33.0 Å². The van der Waals surface area contributed by atoms with Crippen LogP contribution in [0.3, 0.4) is 0 Å². The van der Waals surface area contributed by atoms with E-state index in [1.807, 2.05) is 60.9 Å². The molecule has 4 aromatic rings. The Hall–Kier alpha value is -3.65. The third-order valence-corrected chi connectivity index (χ3v) is 6.02. The molecule has 0 aliphatic carbocycles. The number of hydrogen-bond acceptors (Lipinski definition) is 4. The highest BCUT2D eigenvalue weighted by Crippen LogP contribution is 2.28. The largest absolute Gasteiger partial charge is 0.328 e. The standard InChI is InChI=1S/C25H24FN5OS/c1-17-12-14-20(15-13-17)31-23(29-30-25(31)33-16-19-8-4-3-5-9-19)18(2)27-24(32)28-22-11-7-6-10-21(22)26/h3-15,18H,16H2,1-2H3,(H2,27,28,32). The molecule has 4 rings (SSSR count). The molecule has 168 valence electrons. The van der Waals surface area contributed by atoms with Crippen molar-refractivity contribution in [3.63, 3.8) is 0 Å². The maximum absolute atomic E-state index is 13.9. The monoisotopic (exact) mass is 461 g/mol. The Bertz CT molecular complexity index is 1230. The molecule has 1 unspecified atom stereocenters. The van der Waals surface area contributed by atoms with Crippen molar-refractivity contribution in [1.29, 1.82) is 0 Å². The van der Waals surface area contributed by atoms with Crippen LogP contribution in [0.25, 0.3) is 5.69 Å². The summed E-state index contributed by atoms with van der Waals surface area (Å²) >= 11 is 1.57. The molecule has 0 radical (unpaired) electrons. The zero-order valence-corrected chi connectivity index (χ0v) is 19.1. The average molecular weight is 462 g/mol. The zero-order valence-electron chi connectivity index (χ0n) is 18.3. The molecule has 1 heterocycles. The number of carbonyl (C=O) groups is 1. The smallest absolute Gasteiger partial charge is 0.319 e. The lowest BCUT2D eigenvalue weighted by Gasteiger charge is -2.17. The summed E-state index contributed by atoms with van der Waals surface area (Å²) in [6.45, 7) is 3.85. The van der Waals surface area contributed by atoms with Crippen LogP contribution in [0.1, 0.15) is 29.9 Å². The number of carbonyl (C=O) groups excluding carboxylic acids is 1. The van der Waals surface area contributed by atoms with E-state index in [1.165, 1.54) is 17.7 Å². The summed E-state index contributed by atoms with van der Waals surface area (Å²) in [6.07, 6.45) is 0. The molecule has 0 spiro atoms. The van der Waals surface area contributed by atoms with Crippen LogP contribution < -0.4 is 10.6 Å². The van der Waals surface area contributed by atoms with Crippen LogP contribution in [0.4, 0.5) is 14.9 Å². The van der Waals surface area contributed by atoms with Gasteiger partial charge >= 0.3 is 6.03 Å². The second-order valence-corrected chi connectivity index (χ2v) is 8.53. The van der Waals surface area contributed by atoms with E-state index in [0.717, 1.165) is 22.2 Å². The minimum absolute atomic E-state index is 0.112. The van der Waals surface area contributed by atoms with Gasteiger partial charge in [0.25, 0.3) is 0 Å². The number of rotatable bonds is 7. The summed E-state index contributed by atoms with van der Waals surface area (Å²) in [5.41, 5.74) is 3.33. The van der Waals surface area contributed by atoms with Gasteiger partial charge in [0.05, 0.1) is 11.7 Å². The van der Waals surface area contributed by atoms with E-state index in [4.69, 9.17) is 0 Å². The van der Waals surface area contributed by atoms with Crippen LogP contribution in [0, 0.1) is 12.7 Å². The van der Waals surface area contributed by atoms with E-state index in [1.54, 1.807) is 23.9 Å². The molecule has 0 aliphatic rings. The van der Waals surface area contributed by atoms with Crippen molar-refractivity contribution in [2.45, 2.75) is 30.8 Å². The number of thioether (sulfide) groups is 1. The molecule has 8 heteroatoms. The molecule has 0 aliphatic heterocycles. The molecular weight excluding hydrogens is 437 g/mol. The molecule has 0 bridgehead atoms. The Morgan fingerprint density at radius 1 is 1.00 bits per heavy atom. The molecule has 6 nitrogen and oxygen atoms in total. The van der Waals surface area contributed by atoms with E-state index in [-0.39, 0.29) is 5.69 Å². The summed E-state index contributed by atoms with van der Waals surface area (Å²) in [4.78, 5) is 12.5. The van der Waals surface area contributed by atoms with Crippen LogP contribution in [0.15, 0.2) is 84.0 Å². The molecule has 1 aromatic heterocycles. The van der Waals surface area contributed by atoms with E-state index in [0.29, 0.717) is 5.82 Å². The van der Waals surface area contributed by atoms with Crippen molar-refractivity contribution in [3.8, 4) is 5.69 Å². The fourth-order valence-corrected chi connectivity index (χ4v) is 4.21. The van der Waals surface area contributed by atoms with Crippen molar-refractivity contribution in [2.24, 2.45) is 0 Å². The fourth-order valence-electron chi connectivity index (χ4n) is 3.30. The normalized spacial score (nSPS) is 11.7. The SMILES string of the molecule is Cc1ccc(-n2c(SCc3ccccc3)nnc2C(C)NC(=O)Nc2ccccc2F)cc1. The second kappa shape index (κ2) is 10.3. The van der Waals surface area contributed by atoms with Crippen LogP contribution >= 0.6 is 11.8 Å². The predicted molar refractivity (Wildman–Crippen MR) is 129 cm³/mol. The van der Waals surface area contributed by atoms with Gasteiger partial charge in [0.1, 0.15) is 5.82 Å². The summed E-state index contributed by atoms with van der Waals surface area (Å²) in [7, 11) is 0. The molecular formula is C25H24FN5OS. The zero-order chi connectivity index (χ0) is 23.2. The topological polar surface area (TPSA) is 71.8 Å². The number of nitrogens with one attached hydrogen (secondary N) is 2. The van der Waals surface area contributed by atoms with Gasteiger partial charge in [-0.1, -0.05) is 71.9 Å². The van der Waals surface area contributed by atoms with Crippen LogP contribution in [0.2, 0.25) is 0 Å². The van der Waals surface area contributed by atoms with Gasteiger partial charge in [-0.2, -0.15) is 0 Å². The van der Waals surface area contributed by atoms with E-state index >= 15 is 0 Å². The van der Waals surface area contributed by atoms with Crippen molar-refractivity contribution >= 4 is 23.5 Å². The number of hydrogen-bond donors (Lipinski definition) is 2. The van der Waals surface area contributed by atoms with Crippen LogP contribution in [0.5, 0.6) is 0 Å². The first-order chi connectivity index (χ1) is 16.0. The Labute approximate surface area is 196 Å². The lowest BCUT2D eigenvalue weighted by molar-refractivity contribution is 0.248. The van der Waals surface area contributed by atoms with Crippen molar-refractivity contribution in [1.82, 2.24) is 20.1 Å². The van der Waals surface area contributed by atoms with Crippen LogP contribution in [-0.2, 0) is 5.75 Å². The van der Waals surface area contributed by atoms with Gasteiger partial charge in [0.15, 0.2) is 11.0 Å². The third-order valence-electron chi connectivity index (χ3n) is 5.02. The highest BCUT2D eigenvalue weighted by molar-refractivity contribution is 7.98. The molecule has 2 N–H and O–H groups in total. The minimum atomic E-state index is -0.524. The summed E-state index contributed by atoms with van der Waals surface area (Å²) < 4.78 is 15.8. The summed E-state index contributed by atoms with van der Waals surface area (Å²) in [5, 5.41) is 14.9. The minimum Gasteiger partial charge on any atom is -0.328 e. The maximum Gasteiger partial charge on any atom is 0.319 e. The molecule has 1 atom stereocenters. The fraction of sp³-hybridized carbons (Fsp3) is 0.160. The Morgan fingerprint density at radius 3 is 2.42 bits per heavy atom. The molecule has 0 fully saturated rings. The van der Waals surface area contributed by atoms with E-state index < -0.39 is 17.9 Å². The lowest BCUT2D eigenvalue weighted by atomic mass is 10.2. The summed E-state index contributed by atoms with van der Waals surface area (Å²) in [5.74, 6) is 0.821. The van der Waals surface area contributed by atoms with Crippen molar-refractivity contribution in [2.75, 3.05) is 5.32 Å². The predicted octanol–water partition coefficient (Wildman–Crippen LogP) is 5.89. The van der Waals surface area contributed by atoms with Crippen LogP contribution in [-0.4, -0.2) is 20.8 Å². The number of anilines is 1. The first-order valence-electron chi connectivity index (χ1n) is 10.5. The molecule has 3 aromatic carbocycles. The van der Waals surface area contributed by atoms with Gasteiger partial charge in [-0.15, -0.1) is 10.2 Å². The van der Waals surface area contributed by atoms with Gasteiger partial charge in [0.2, 0.25) is 0 Å². The number of nitrogens with zero attached hydrogens (tertiary/aromatic N) is 3. The number of benzene rings is 3. The van der Waals surface area contributed by atoms with E-state index in [9.17, 15) is 9.18 Å². The Kier molecular flexibility index (Phi) is 7.04. The van der Waals surface area contributed by atoms with Gasteiger partial charge in [0, 0.05) is 11.4 Å². The molecule has 33 heavy (non-hydrogen) atoms. The third kappa shape index (κ3) is 5.59. The average Bonchev–Trinajstić information content (AvgIpc) is 3.24. The Morgan fingerprint density at radius 2 is 1.70 bits per heavy atom. The quantitative estimate of drug-likeness (QED) is 0.337. The number of halogens is 1. The number of urea groups is 1. The second-order valence-electron chi connectivity index (χ2n) is 7.59. The number of amides is 2. The first-order valence-corrected chi connectivity index (χ1v) is 11.5. The lowest BCUT2D eigenvalue weighted by Crippen LogP contribution is -2.32. The Balaban J connectivity index is 1.57. The number of aryl methyl sites for hydroxylation is 1. The number of para-hydroxylation sites is 1. The van der Waals surface area contributed by atoms with Gasteiger partial charge < -0.3 is 10.6 Å². The highest BCUT2D eigenvalue weighted by Gasteiger charge is 2.21. The van der Waals surface area contributed by atoms with Gasteiger partial charge in [-0.3, -0.25) is 4.57 Å². The molecule has 0 saturated carbocycles. The highest BCUT2D eigenvalue weighted by atomic mass is 32.2. The number of aromatic nitrogens is 3.